The van der Waals surface area contributed by atoms with Crippen LogP contribution in [0.4, 0.5) is 24.7 Å². The summed E-state index contributed by atoms with van der Waals surface area (Å²) in [6.45, 7) is 7.20. The number of morpholine rings is 1. The second-order valence-electron chi connectivity index (χ2n) is 10.7. The van der Waals surface area contributed by atoms with E-state index in [9.17, 15) is 18.0 Å². The Morgan fingerprint density at radius 2 is 1.95 bits per heavy atom. The Kier molecular flexibility index (Phi) is 9.84. The molecule has 0 saturated carbocycles. The SMILES string of the molecule is Cc1ccc(NC(=O)c2cccc(C(F)(F)F)c2)cc1-c1cc(OCCOC2CCCCO2)nc(N2CCOC[C@H]2C)c1. The standard InChI is InChI=1S/C32H36F3N3O5/c1-21-9-10-26(36-31(39)23-6-5-7-25(16-23)32(33,34)35)19-27(21)24-17-28(38-11-13-40-20-22(38)2)37-29(18-24)41-14-15-43-30-8-3-4-12-42-30/h5-7,9-10,16-19,22,30H,3-4,8,11-15,20H2,1-2H3,(H,36,39)/t22-,30?/m1/s1. The Labute approximate surface area is 249 Å². The van der Waals surface area contributed by atoms with Crippen molar-refractivity contribution in [1.82, 2.24) is 4.98 Å². The van der Waals surface area contributed by atoms with Gasteiger partial charge in [-0.15, -0.1) is 0 Å². The van der Waals surface area contributed by atoms with Crippen LogP contribution in [-0.2, 0) is 20.4 Å². The summed E-state index contributed by atoms with van der Waals surface area (Å²) in [5, 5.41) is 2.74. The molecular weight excluding hydrogens is 563 g/mol. The van der Waals surface area contributed by atoms with Crippen molar-refractivity contribution in [1.29, 1.82) is 0 Å². The molecule has 11 heteroatoms. The number of amides is 1. The monoisotopic (exact) mass is 599 g/mol. The average Bonchev–Trinajstić information content (AvgIpc) is 3.00. The van der Waals surface area contributed by atoms with Crippen molar-refractivity contribution in [2.24, 2.45) is 0 Å². The summed E-state index contributed by atoms with van der Waals surface area (Å²) in [6.07, 6.45) is -1.76. The van der Waals surface area contributed by atoms with E-state index in [0.717, 1.165) is 53.9 Å². The maximum Gasteiger partial charge on any atom is 0.416 e. The van der Waals surface area contributed by atoms with E-state index < -0.39 is 17.6 Å². The summed E-state index contributed by atoms with van der Waals surface area (Å²) >= 11 is 0. The number of hydrogen-bond acceptors (Lipinski definition) is 7. The van der Waals surface area contributed by atoms with Crippen LogP contribution in [0.25, 0.3) is 11.1 Å². The highest BCUT2D eigenvalue weighted by molar-refractivity contribution is 6.04. The zero-order valence-corrected chi connectivity index (χ0v) is 24.3. The van der Waals surface area contributed by atoms with Crippen molar-refractivity contribution < 1.29 is 36.9 Å². The summed E-state index contributed by atoms with van der Waals surface area (Å²) in [5.41, 5.74) is 2.07. The lowest BCUT2D eigenvalue weighted by Crippen LogP contribution is -2.44. The second-order valence-corrected chi connectivity index (χ2v) is 10.7. The van der Waals surface area contributed by atoms with Gasteiger partial charge < -0.3 is 29.2 Å². The molecule has 5 rings (SSSR count). The van der Waals surface area contributed by atoms with Crippen LogP contribution in [0.5, 0.6) is 5.88 Å². The third-order valence-corrected chi connectivity index (χ3v) is 7.48. The van der Waals surface area contributed by atoms with E-state index >= 15 is 0 Å². The fourth-order valence-electron chi connectivity index (χ4n) is 5.15. The molecule has 1 unspecified atom stereocenters. The third kappa shape index (κ3) is 8.04. The van der Waals surface area contributed by atoms with Crippen molar-refractivity contribution >= 4 is 17.4 Å². The molecule has 2 aliphatic rings. The van der Waals surface area contributed by atoms with E-state index in [0.29, 0.717) is 51.1 Å². The molecule has 1 amide bonds. The number of carbonyl (C=O) groups excluding carboxylic acids is 1. The van der Waals surface area contributed by atoms with Crippen LogP contribution in [0.3, 0.4) is 0 Å². The molecule has 1 N–H and O–H groups in total. The first-order valence-electron chi connectivity index (χ1n) is 14.5. The van der Waals surface area contributed by atoms with Gasteiger partial charge in [0.2, 0.25) is 5.88 Å². The Morgan fingerprint density at radius 3 is 2.72 bits per heavy atom. The van der Waals surface area contributed by atoms with Crippen molar-refractivity contribution in [2.75, 3.05) is 49.8 Å². The van der Waals surface area contributed by atoms with E-state index in [-0.39, 0.29) is 17.9 Å². The molecule has 2 saturated heterocycles. The van der Waals surface area contributed by atoms with Gasteiger partial charge in [0, 0.05) is 30.5 Å². The highest BCUT2D eigenvalue weighted by Gasteiger charge is 2.31. The maximum atomic E-state index is 13.2. The number of aryl methyl sites for hydroxylation is 1. The molecule has 3 aromatic rings. The van der Waals surface area contributed by atoms with E-state index in [1.165, 1.54) is 12.1 Å². The molecule has 43 heavy (non-hydrogen) atoms. The zero-order valence-electron chi connectivity index (χ0n) is 24.3. The van der Waals surface area contributed by atoms with Gasteiger partial charge in [0.05, 0.1) is 31.4 Å². The van der Waals surface area contributed by atoms with Crippen LogP contribution in [0.2, 0.25) is 0 Å². The van der Waals surface area contributed by atoms with E-state index in [4.69, 9.17) is 23.9 Å². The zero-order chi connectivity index (χ0) is 30.4. The topological polar surface area (TPSA) is 82.2 Å². The van der Waals surface area contributed by atoms with Crippen LogP contribution in [-0.4, -0.2) is 62.8 Å². The average molecular weight is 600 g/mol. The van der Waals surface area contributed by atoms with Gasteiger partial charge in [-0.3, -0.25) is 4.79 Å². The van der Waals surface area contributed by atoms with Crippen LogP contribution in [0, 0.1) is 6.92 Å². The molecule has 3 heterocycles. The minimum Gasteiger partial charge on any atom is -0.475 e. The summed E-state index contributed by atoms with van der Waals surface area (Å²) in [7, 11) is 0. The van der Waals surface area contributed by atoms with Crippen LogP contribution in [0.1, 0.15) is 47.7 Å². The number of halogens is 3. The highest BCUT2D eigenvalue weighted by Crippen LogP contribution is 2.33. The minimum absolute atomic E-state index is 0.0824. The number of anilines is 2. The van der Waals surface area contributed by atoms with E-state index in [1.54, 1.807) is 12.1 Å². The largest absolute Gasteiger partial charge is 0.475 e. The van der Waals surface area contributed by atoms with E-state index in [1.807, 2.05) is 25.1 Å². The highest BCUT2D eigenvalue weighted by atomic mass is 19.4. The lowest BCUT2D eigenvalue weighted by molar-refractivity contribution is -0.165. The van der Waals surface area contributed by atoms with Gasteiger partial charge in [-0.25, -0.2) is 0 Å². The number of rotatable bonds is 9. The van der Waals surface area contributed by atoms with Crippen LogP contribution >= 0.6 is 0 Å². The van der Waals surface area contributed by atoms with Crippen LogP contribution < -0.4 is 15.0 Å². The maximum absolute atomic E-state index is 13.2. The number of hydrogen-bond donors (Lipinski definition) is 1. The number of pyridine rings is 1. The number of alkyl halides is 3. The Balaban J connectivity index is 1.38. The predicted octanol–water partition coefficient (Wildman–Crippen LogP) is 6.48. The quantitative estimate of drug-likeness (QED) is 0.282. The lowest BCUT2D eigenvalue weighted by Gasteiger charge is -2.34. The molecule has 0 aliphatic carbocycles. The molecule has 230 valence electrons. The van der Waals surface area contributed by atoms with Crippen molar-refractivity contribution in [3.05, 3.63) is 71.3 Å². The summed E-state index contributed by atoms with van der Waals surface area (Å²) < 4.78 is 62.6. The van der Waals surface area contributed by atoms with Gasteiger partial charge in [-0.05, 0) is 86.2 Å². The summed E-state index contributed by atoms with van der Waals surface area (Å²) in [4.78, 5) is 19.8. The van der Waals surface area contributed by atoms with Gasteiger partial charge in [0.15, 0.2) is 6.29 Å². The Bertz CT molecular complexity index is 1410. The predicted molar refractivity (Wildman–Crippen MR) is 156 cm³/mol. The van der Waals surface area contributed by atoms with Gasteiger partial charge in [-0.2, -0.15) is 18.2 Å². The smallest absolute Gasteiger partial charge is 0.416 e. The number of carbonyl (C=O) groups is 1. The van der Waals surface area contributed by atoms with E-state index in [2.05, 4.69) is 17.1 Å². The molecule has 2 fully saturated rings. The third-order valence-electron chi connectivity index (χ3n) is 7.48. The van der Waals surface area contributed by atoms with Gasteiger partial charge in [0.1, 0.15) is 12.4 Å². The molecule has 0 radical (unpaired) electrons. The summed E-state index contributed by atoms with van der Waals surface area (Å²) in [5.74, 6) is 0.527. The lowest BCUT2D eigenvalue weighted by atomic mass is 10.00. The number of aromatic nitrogens is 1. The molecular formula is C32H36F3N3O5. The first kappa shape index (κ1) is 30.8. The fourth-order valence-corrected chi connectivity index (χ4v) is 5.15. The Morgan fingerprint density at radius 1 is 1.09 bits per heavy atom. The van der Waals surface area contributed by atoms with Gasteiger partial charge in [-0.1, -0.05) is 12.1 Å². The minimum atomic E-state index is -4.54. The molecule has 2 aromatic carbocycles. The number of benzene rings is 2. The van der Waals surface area contributed by atoms with Crippen molar-refractivity contribution in [3.63, 3.8) is 0 Å². The van der Waals surface area contributed by atoms with Crippen LogP contribution in [0.15, 0.2) is 54.6 Å². The molecule has 0 bridgehead atoms. The number of ether oxygens (including phenoxy) is 4. The normalized spacial score (nSPS) is 19.2. The summed E-state index contributed by atoms with van der Waals surface area (Å²) in [6, 6.07) is 13.7. The van der Waals surface area contributed by atoms with Crippen molar-refractivity contribution in [3.8, 4) is 17.0 Å². The molecule has 0 spiro atoms. The fraction of sp³-hybridized carbons (Fsp3) is 0.438. The second kappa shape index (κ2) is 13.7. The molecule has 2 aliphatic heterocycles. The van der Waals surface area contributed by atoms with Gasteiger partial charge in [0.25, 0.3) is 5.91 Å². The first-order valence-corrected chi connectivity index (χ1v) is 14.5. The first-order chi connectivity index (χ1) is 20.7. The van der Waals surface area contributed by atoms with Gasteiger partial charge >= 0.3 is 6.18 Å². The molecule has 8 nitrogen and oxygen atoms in total. The number of nitrogens with one attached hydrogen (secondary N) is 1. The molecule has 1 aromatic heterocycles. The van der Waals surface area contributed by atoms with Crippen molar-refractivity contribution in [2.45, 2.75) is 51.6 Å². The Hall–Kier alpha value is -3.67. The molecule has 2 atom stereocenters. The number of nitrogens with zero attached hydrogens (tertiary/aromatic N) is 2.